The fourth-order valence-electron chi connectivity index (χ4n) is 0.307. The average molecular weight is 112 g/mol. The molecule has 8 heavy (non-hydrogen) atoms. The Labute approximate surface area is 49.6 Å². The second kappa shape index (κ2) is 4.37. The quantitative estimate of drug-likeness (QED) is 0.529. The molecule has 0 rings (SSSR count). The van der Waals surface area contributed by atoms with Crippen LogP contribution in [0.25, 0.3) is 0 Å². The third-order valence-corrected chi connectivity index (χ3v) is 0.701. The molecule has 0 aliphatic carbocycles. The molecule has 0 aromatic heterocycles. The molecule has 0 unspecified atom stereocenters. The van der Waals surface area contributed by atoms with E-state index in [4.69, 9.17) is 6.58 Å². The van der Waals surface area contributed by atoms with Crippen molar-refractivity contribution in [2.45, 2.75) is 13.3 Å². The van der Waals surface area contributed by atoms with E-state index >= 15 is 0 Å². The Hall–Kier alpha value is -0.790. The van der Waals surface area contributed by atoms with E-state index in [1.807, 2.05) is 6.92 Å². The van der Waals surface area contributed by atoms with Crippen LogP contribution in [0.5, 0.6) is 0 Å². The Morgan fingerprint density at radius 2 is 2.50 bits per heavy atom. The molecule has 1 amide bonds. The van der Waals surface area contributed by atoms with Gasteiger partial charge in [-0.1, -0.05) is 13.5 Å². The lowest BCUT2D eigenvalue weighted by atomic mass is 10.4. The summed E-state index contributed by atoms with van der Waals surface area (Å²) >= 11 is 0. The van der Waals surface area contributed by atoms with E-state index in [9.17, 15) is 4.79 Å². The molecule has 0 aromatic rings. The molecule has 2 nitrogen and oxygen atoms in total. The molecule has 0 atom stereocenters. The lowest BCUT2D eigenvalue weighted by molar-refractivity contribution is -0.116. The average Bonchev–Trinajstić information content (AvgIpc) is 1.83. The molecule has 45 valence electrons. The van der Waals surface area contributed by atoms with Gasteiger partial charge in [-0.3, -0.25) is 4.79 Å². The number of carbonyl (C=O) groups is 1. The van der Waals surface area contributed by atoms with Crippen molar-refractivity contribution in [2.24, 2.45) is 0 Å². The first-order chi connectivity index (χ1) is 3.81. The summed E-state index contributed by atoms with van der Waals surface area (Å²) in [5.74, 6) is -0.202. The van der Waals surface area contributed by atoms with Crippen LogP contribution >= 0.6 is 0 Å². The van der Waals surface area contributed by atoms with Crippen molar-refractivity contribution in [3.63, 3.8) is 0 Å². The zero-order chi connectivity index (χ0) is 6.41. The molecule has 0 bridgehead atoms. The zero-order valence-corrected chi connectivity index (χ0v) is 4.98. The number of amides is 1. The molecule has 0 saturated carbocycles. The van der Waals surface area contributed by atoms with E-state index in [0.29, 0.717) is 6.54 Å². The molecular weight excluding hydrogens is 102 g/mol. The summed E-state index contributed by atoms with van der Waals surface area (Å²) in [7, 11) is 0. The van der Waals surface area contributed by atoms with Crippen LogP contribution < -0.4 is 5.32 Å². The van der Waals surface area contributed by atoms with Crippen LogP contribution in [0.15, 0.2) is 6.08 Å². The van der Waals surface area contributed by atoms with Gasteiger partial charge >= 0.3 is 0 Å². The van der Waals surface area contributed by atoms with Crippen LogP contribution in [0.2, 0.25) is 0 Å². The van der Waals surface area contributed by atoms with E-state index in [-0.39, 0.29) is 5.91 Å². The van der Waals surface area contributed by atoms with Crippen molar-refractivity contribution in [2.75, 3.05) is 6.54 Å². The summed E-state index contributed by atoms with van der Waals surface area (Å²) in [5, 5.41) is 2.56. The van der Waals surface area contributed by atoms with Crippen molar-refractivity contribution in [3.05, 3.63) is 12.7 Å². The van der Waals surface area contributed by atoms with Crippen molar-refractivity contribution in [1.82, 2.24) is 5.32 Å². The highest BCUT2D eigenvalue weighted by Crippen LogP contribution is 1.70. The minimum atomic E-state index is -0.202. The summed E-state index contributed by atoms with van der Waals surface area (Å²) in [5.41, 5.74) is 0. The summed E-state index contributed by atoms with van der Waals surface area (Å²) in [6, 6.07) is 0. The van der Waals surface area contributed by atoms with Gasteiger partial charge < -0.3 is 5.32 Å². The minimum Gasteiger partial charge on any atom is -0.353 e. The smallest absolute Gasteiger partial charge is 0.243 e. The summed E-state index contributed by atoms with van der Waals surface area (Å²) in [6.45, 7) is 7.56. The van der Waals surface area contributed by atoms with Gasteiger partial charge in [0.2, 0.25) is 5.91 Å². The highest BCUT2D eigenvalue weighted by atomic mass is 16.1. The number of rotatable bonds is 3. The fraction of sp³-hybridized carbons (Fsp3) is 0.500. The van der Waals surface area contributed by atoms with Gasteiger partial charge in [-0.05, 0) is 6.42 Å². The Morgan fingerprint density at radius 3 is 2.88 bits per heavy atom. The normalized spacial score (nSPS) is 8.12. The second-order valence-electron chi connectivity index (χ2n) is 1.46. The van der Waals surface area contributed by atoms with Gasteiger partial charge in [0.25, 0.3) is 0 Å². The number of hydrogen-bond acceptors (Lipinski definition) is 1. The predicted molar refractivity (Wildman–Crippen MR) is 32.2 cm³/mol. The fourth-order valence-corrected chi connectivity index (χ4v) is 0.307. The summed E-state index contributed by atoms with van der Waals surface area (Å²) in [6.07, 6.45) is 1.97. The standard InChI is InChI=1S/C6H10NO/c1-3-5-7-6(8)4-2/h2,4H,3,5H2,1H3,(H,7,8). The van der Waals surface area contributed by atoms with Crippen molar-refractivity contribution in [1.29, 1.82) is 0 Å². The number of carbonyl (C=O) groups excluding carboxylic acids is 1. The molecule has 0 fully saturated rings. The molecule has 0 aromatic carbocycles. The highest BCUT2D eigenvalue weighted by molar-refractivity contribution is 5.86. The van der Waals surface area contributed by atoms with E-state index < -0.39 is 0 Å². The third kappa shape index (κ3) is 3.40. The van der Waals surface area contributed by atoms with Crippen LogP contribution in [0.1, 0.15) is 13.3 Å². The topological polar surface area (TPSA) is 29.1 Å². The predicted octanol–water partition coefficient (Wildman–Crippen LogP) is 0.502. The van der Waals surface area contributed by atoms with Gasteiger partial charge in [-0.2, -0.15) is 0 Å². The molecule has 1 N–H and O–H groups in total. The molecule has 1 radical (unpaired) electrons. The van der Waals surface area contributed by atoms with Crippen molar-refractivity contribution >= 4 is 5.91 Å². The van der Waals surface area contributed by atoms with Gasteiger partial charge in [0, 0.05) is 12.6 Å². The summed E-state index contributed by atoms with van der Waals surface area (Å²) < 4.78 is 0. The maximum atomic E-state index is 10.3. The first-order valence-corrected chi connectivity index (χ1v) is 2.64. The molecular formula is C6H10NO. The lowest BCUT2D eigenvalue weighted by Crippen LogP contribution is -2.20. The lowest BCUT2D eigenvalue weighted by Gasteiger charge is -1.94. The Bertz CT molecular complexity index is 88.5. The van der Waals surface area contributed by atoms with Crippen LogP contribution in [0.4, 0.5) is 0 Å². The Balaban J connectivity index is 3.11. The first kappa shape index (κ1) is 7.21. The Kier molecular flexibility index (Phi) is 3.94. The van der Waals surface area contributed by atoms with Crippen molar-refractivity contribution in [3.8, 4) is 0 Å². The van der Waals surface area contributed by atoms with Gasteiger partial charge in [-0.15, -0.1) is 0 Å². The zero-order valence-electron chi connectivity index (χ0n) is 4.98. The maximum absolute atomic E-state index is 10.3. The van der Waals surface area contributed by atoms with Crippen LogP contribution in [0, 0.1) is 6.58 Å². The van der Waals surface area contributed by atoms with Crippen molar-refractivity contribution < 1.29 is 4.79 Å². The monoisotopic (exact) mass is 112 g/mol. The van der Waals surface area contributed by atoms with E-state index in [2.05, 4.69) is 5.32 Å². The molecule has 0 spiro atoms. The molecule has 0 aliphatic heterocycles. The number of hydrogen-bond donors (Lipinski definition) is 1. The third-order valence-electron chi connectivity index (χ3n) is 0.701. The van der Waals surface area contributed by atoms with E-state index in [1.165, 1.54) is 0 Å². The largest absolute Gasteiger partial charge is 0.353 e. The molecule has 0 heterocycles. The minimum absolute atomic E-state index is 0.202. The second-order valence-corrected chi connectivity index (χ2v) is 1.46. The van der Waals surface area contributed by atoms with Gasteiger partial charge in [0.1, 0.15) is 0 Å². The number of nitrogens with one attached hydrogen (secondary N) is 1. The molecule has 0 aliphatic rings. The van der Waals surface area contributed by atoms with Gasteiger partial charge in [-0.25, -0.2) is 0 Å². The molecule has 0 saturated heterocycles. The van der Waals surface area contributed by atoms with Gasteiger partial charge in [0.15, 0.2) is 0 Å². The maximum Gasteiger partial charge on any atom is 0.243 e. The van der Waals surface area contributed by atoms with E-state index in [0.717, 1.165) is 12.5 Å². The van der Waals surface area contributed by atoms with E-state index in [1.54, 1.807) is 0 Å². The van der Waals surface area contributed by atoms with Gasteiger partial charge in [0.05, 0.1) is 0 Å². The first-order valence-electron chi connectivity index (χ1n) is 2.64. The highest BCUT2D eigenvalue weighted by Gasteiger charge is 1.86. The molecule has 2 heteroatoms. The van der Waals surface area contributed by atoms with Crippen LogP contribution in [0.3, 0.4) is 0 Å². The van der Waals surface area contributed by atoms with Crippen LogP contribution in [-0.2, 0) is 4.79 Å². The summed E-state index contributed by atoms with van der Waals surface area (Å²) in [4.78, 5) is 10.3. The Morgan fingerprint density at radius 1 is 1.88 bits per heavy atom. The van der Waals surface area contributed by atoms with Crippen LogP contribution in [-0.4, -0.2) is 12.5 Å². The SMILES string of the molecule is [CH]=CC(=O)NCCC.